The molecule has 2 rings (SSSR count). The molecule has 1 fully saturated rings. The summed E-state index contributed by atoms with van der Waals surface area (Å²) in [6.07, 6.45) is -0.666. The molecule has 0 saturated carbocycles. The summed E-state index contributed by atoms with van der Waals surface area (Å²) >= 11 is 0. The smallest absolute Gasteiger partial charge is 0.407 e. The van der Waals surface area contributed by atoms with Crippen LogP contribution in [0.3, 0.4) is 0 Å². The van der Waals surface area contributed by atoms with Gasteiger partial charge < -0.3 is 19.9 Å². The van der Waals surface area contributed by atoms with Gasteiger partial charge in [0, 0.05) is 19.6 Å². The van der Waals surface area contributed by atoms with Gasteiger partial charge in [0.05, 0.1) is 13.7 Å². The molecular formula is C17H23N3O4. The molecule has 130 valence electrons. The number of nitrogens with zero attached hydrogens (tertiary/aromatic N) is 2. The van der Waals surface area contributed by atoms with E-state index in [0.29, 0.717) is 19.6 Å². The fourth-order valence-corrected chi connectivity index (χ4v) is 2.55. The molecule has 0 aromatic heterocycles. The SMILES string of the molecule is COC(=O)N[C@@H](C)C(=O)N1CCN(Cc2ccc(C)cc2)C(=O)C1. The Hall–Kier alpha value is -2.57. The van der Waals surface area contributed by atoms with Crippen molar-refractivity contribution >= 4 is 17.9 Å². The quantitative estimate of drug-likeness (QED) is 0.888. The van der Waals surface area contributed by atoms with E-state index in [0.717, 1.165) is 5.56 Å². The van der Waals surface area contributed by atoms with Gasteiger partial charge in [0.25, 0.3) is 0 Å². The molecular weight excluding hydrogens is 310 g/mol. The third-order valence-electron chi connectivity index (χ3n) is 4.01. The van der Waals surface area contributed by atoms with Crippen LogP contribution in [0, 0.1) is 6.92 Å². The number of carbonyl (C=O) groups is 3. The third-order valence-corrected chi connectivity index (χ3v) is 4.01. The van der Waals surface area contributed by atoms with E-state index < -0.39 is 12.1 Å². The van der Waals surface area contributed by atoms with Crippen LogP contribution in [0.4, 0.5) is 4.79 Å². The van der Waals surface area contributed by atoms with Gasteiger partial charge in [0.2, 0.25) is 11.8 Å². The Morgan fingerprint density at radius 1 is 1.25 bits per heavy atom. The van der Waals surface area contributed by atoms with Crippen molar-refractivity contribution in [3.05, 3.63) is 35.4 Å². The van der Waals surface area contributed by atoms with E-state index in [4.69, 9.17) is 0 Å². The molecule has 1 atom stereocenters. The van der Waals surface area contributed by atoms with Crippen LogP contribution in [0.15, 0.2) is 24.3 Å². The third kappa shape index (κ3) is 4.47. The van der Waals surface area contributed by atoms with Crippen molar-refractivity contribution in [3.8, 4) is 0 Å². The Kier molecular flexibility index (Phi) is 5.78. The fourth-order valence-electron chi connectivity index (χ4n) is 2.55. The summed E-state index contributed by atoms with van der Waals surface area (Å²) in [5.41, 5.74) is 2.24. The minimum atomic E-state index is -0.728. The number of carbonyl (C=O) groups excluding carboxylic acids is 3. The molecule has 0 aliphatic carbocycles. The molecule has 1 aliphatic heterocycles. The van der Waals surface area contributed by atoms with Crippen LogP contribution >= 0.6 is 0 Å². The van der Waals surface area contributed by atoms with Crippen molar-refractivity contribution in [1.82, 2.24) is 15.1 Å². The number of ether oxygens (including phenoxy) is 1. The molecule has 1 heterocycles. The standard InChI is InChI=1S/C17H23N3O4/c1-12-4-6-14(7-5-12)10-19-8-9-20(11-15(19)21)16(22)13(2)18-17(23)24-3/h4-7,13H,8-11H2,1-3H3,(H,18,23)/t13-/m0/s1. The maximum atomic E-state index is 12.3. The van der Waals surface area contributed by atoms with Crippen LogP contribution in [-0.4, -0.2) is 60.5 Å². The largest absolute Gasteiger partial charge is 0.453 e. The molecule has 0 unspecified atom stereocenters. The van der Waals surface area contributed by atoms with Gasteiger partial charge in [-0.15, -0.1) is 0 Å². The Balaban J connectivity index is 1.90. The lowest BCUT2D eigenvalue weighted by molar-refractivity contribution is -0.146. The summed E-state index contributed by atoms with van der Waals surface area (Å²) < 4.78 is 4.48. The second-order valence-electron chi connectivity index (χ2n) is 5.92. The Morgan fingerprint density at radius 2 is 1.92 bits per heavy atom. The Morgan fingerprint density at radius 3 is 2.50 bits per heavy atom. The molecule has 1 aromatic carbocycles. The van der Waals surface area contributed by atoms with Gasteiger partial charge in [-0.05, 0) is 19.4 Å². The van der Waals surface area contributed by atoms with Crippen LogP contribution < -0.4 is 5.32 Å². The first-order valence-electron chi connectivity index (χ1n) is 7.87. The summed E-state index contributed by atoms with van der Waals surface area (Å²) in [7, 11) is 1.24. The lowest BCUT2D eigenvalue weighted by Crippen LogP contribution is -2.56. The van der Waals surface area contributed by atoms with E-state index in [1.165, 1.54) is 17.6 Å². The van der Waals surface area contributed by atoms with Gasteiger partial charge in [0.15, 0.2) is 0 Å². The maximum absolute atomic E-state index is 12.3. The number of hydrogen-bond donors (Lipinski definition) is 1. The molecule has 24 heavy (non-hydrogen) atoms. The van der Waals surface area contributed by atoms with Crippen molar-refractivity contribution in [1.29, 1.82) is 0 Å². The van der Waals surface area contributed by atoms with Gasteiger partial charge in [-0.25, -0.2) is 4.79 Å². The molecule has 7 nitrogen and oxygen atoms in total. The summed E-state index contributed by atoms with van der Waals surface area (Å²) in [6, 6.07) is 7.30. The van der Waals surface area contributed by atoms with E-state index >= 15 is 0 Å². The first kappa shape index (κ1) is 17.8. The average Bonchev–Trinajstić information content (AvgIpc) is 2.57. The number of alkyl carbamates (subject to hydrolysis) is 1. The number of amides is 3. The molecule has 1 saturated heterocycles. The molecule has 7 heteroatoms. The number of aryl methyl sites for hydroxylation is 1. The van der Waals surface area contributed by atoms with E-state index in [1.54, 1.807) is 11.8 Å². The first-order chi connectivity index (χ1) is 11.4. The van der Waals surface area contributed by atoms with Crippen molar-refractivity contribution in [2.45, 2.75) is 26.4 Å². The number of nitrogens with one attached hydrogen (secondary N) is 1. The highest BCUT2D eigenvalue weighted by atomic mass is 16.5. The lowest BCUT2D eigenvalue weighted by Gasteiger charge is -2.35. The predicted octanol–water partition coefficient (Wildman–Crippen LogP) is 0.910. The number of benzene rings is 1. The minimum absolute atomic E-state index is 0.0257. The highest BCUT2D eigenvalue weighted by Gasteiger charge is 2.30. The summed E-state index contributed by atoms with van der Waals surface area (Å²) in [5, 5.41) is 2.42. The summed E-state index contributed by atoms with van der Waals surface area (Å²) in [6.45, 7) is 5.08. The highest BCUT2D eigenvalue weighted by molar-refractivity contribution is 5.90. The van der Waals surface area contributed by atoms with Crippen LogP contribution in [-0.2, 0) is 20.9 Å². The molecule has 1 N–H and O–H groups in total. The molecule has 1 aromatic rings. The van der Waals surface area contributed by atoms with Gasteiger partial charge >= 0.3 is 6.09 Å². The Labute approximate surface area is 141 Å². The maximum Gasteiger partial charge on any atom is 0.407 e. The number of piperazine rings is 1. The van der Waals surface area contributed by atoms with Gasteiger partial charge in [-0.3, -0.25) is 9.59 Å². The number of hydrogen-bond acceptors (Lipinski definition) is 4. The second kappa shape index (κ2) is 7.81. The van der Waals surface area contributed by atoms with E-state index in [9.17, 15) is 14.4 Å². The van der Waals surface area contributed by atoms with Crippen LogP contribution in [0.1, 0.15) is 18.1 Å². The second-order valence-corrected chi connectivity index (χ2v) is 5.92. The number of methoxy groups -OCH3 is 1. The molecule has 0 bridgehead atoms. The zero-order chi connectivity index (χ0) is 17.7. The van der Waals surface area contributed by atoms with Gasteiger partial charge in [0.1, 0.15) is 6.04 Å². The molecule has 0 spiro atoms. The highest BCUT2D eigenvalue weighted by Crippen LogP contribution is 2.11. The summed E-state index contributed by atoms with van der Waals surface area (Å²) in [5.74, 6) is -0.385. The van der Waals surface area contributed by atoms with Crippen molar-refractivity contribution in [2.75, 3.05) is 26.7 Å². The summed E-state index contributed by atoms with van der Waals surface area (Å²) in [4.78, 5) is 39.0. The van der Waals surface area contributed by atoms with Gasteiger partial charge in [-0.2, -0.15) is 0 Å². The van der Waals surface area contributed by atoms with Crippen molar-refractivity contribution in [2.24, 2.45) is 0 Å². The first-order valence-corrected chi connectivity index (χ1v) is 7.87. The molecule has 0 radical (unpaired) electrons. The van der Waals surface area contributed by atoms with Crippen LogP contribution in [0.2, 0.25) is 0 Å². The van der Waals surface area contributed by atoms with Crippen molar-refractivity contribution in [3.63, 3.8) is 0 Å². The van der Waals surface area contributed by atoms with Crippen LogP contribution in [0.5, 0.6) is 0 Å². The monoisotopic (exact) mass is 333 g/mol. The van der Waals surface area contributed by atoms with E-state index in [2.05, 4.69) is 10.1 Å². The predicted molar refractivity (Wildman–Crippen MR) is 88.2 cm³/mol. The zero-order valence-corrected chi connectivity index (χ0v) is 14.2. The minimum Gasteiger partial charge on any atom is -0.453 e. The topological polar surface area (TPSA) is 79.0 Å². The van der Waals surface area contributed by atoms with E-state index in [-0.39, 0.29) is 18.4 Å². The molecule has 1 aliphatic rings. The normalized spacial score (nSPS) is 15.9. The Bertz CT molecular complexity index is 615. The fraction of sp³-hybridized carbons (Fsp3) is 0.471. The molecule has 3 amide bonds. The van der Waals surface area contributed by atoms with Crippen LogP contribution in [0.25, 0.3) is 0 Å². The van der Waals surface area contributed by atoms with E-state index in [1.807, 2.05) is 31.2 Å². The van der Waals surface area contributed by atoms with Crippen molar-refractivity contribution < 1.29 is 19.1 Å². The average molecular weight is 333 g/mol. The van der Waals surface area contributed by atoms with Gasteiger partial charge in [-0.1, -0.05) is 29.8 Å². The zero-order valence-electron chi connectivity index (χ0n) is 14.2. The number of rotatable bonds is 4. The lowest BCUT2D eigenvalue weighted by atomic mass is 10.1.